The van der Waals surface area contributed by atoms with Gasteiger partial charge in [-0.3, -0.25) is 9.69 Å². The average molecular weight is 375 g/mol. The molecule has 0 saturated carbocycles. The number of aromatic nitrogens is 4. The van der Waals surface area contributed by atoms with E-state index in [9.17, 15) is 4.79 Å². The molecule has 1 aliphatic carbocycles. The van der Waals surface area contributed by atoms with Crippen molar-refractivity contribution in [3.63, 3.8) is 0 Å². The third-order valence-corrected chi connectivity index (χ3v) is 6.18. The smallest absolute Gasteiger partial charge is 0.267 e. The number of nitrogens with zero attached hydrogens (tertiary/aromatic N) is 5. The molecule has 1 saturated heterocycles. The van der Waals surface area contributed by atoms with E-state index in [0.717, 1.165) is 60.3 Å². The topological polar surface area (TPSA) is 75.9 Å². The number of fused-ring (bicyclic) bond motifs is 1. The van der Waals surface area contributed by atoms with Gasteiger partial charge in [0, 0.05) is 25.2 Å². The van der Waals surface area contributed by atoms with E-state index in [0.29, 0.717) is 12.6 Å². The van der Waals surface area contributed by atoms with Gasteiger partial charge in [0.2, 0.25) is 5.13 Å². The first kappa shape index (κ1) is 17.6. The van der Waals surface area contributed by atoms with Crippen molar-refractivity contribution in [3.05, 3.63) is 32.7 Å². The highest BCUT2D eigenvalue weighted by Crippen LogP contribution is 2.20. The van der Waals surface area contributed by atoms with E-state index < -0.39 is 0 Å². The largest absolute Gasteiger partial charge is 0.359 e. The lowest BCUT2D eigenvalue weighted by Crippen LogP contribution is -2.45. The molecule has 26 heavy (non-hydrogen) atoms. The molecule has 0 spiro atoms. The highest BCUT2D eigenvalue weighted by Gasteiger charge is 2.23. The van der Waals surface area contributed by atoms with Gasteiger partial charge in [0.25, 0.3) is 5.56 Å². The molecule has 2 aromatic rings. The number of hydrogen-bond donors (Lipinski definition) is 1. The van der Waals surface area contributed by atoms with E-state index >= 15 is 0 Å². The van der Waals surface area contributed by atoms with Crippen LogP contribution in [0.4, 0.5) is 5.13 Å². The molecule has 0 radical (unpaired) electrons. The summed E-state index contributed by atoms with van der Waals surface area (Å²) in [6.45, 7) is 5.47. The maximum atomic E-state index is 12.3. The number of rotatable bonds is 6. The second-order valence-electron chi connectivity index (χ2n) is 7.22. The van der Waals surface area contributed by atoms with Crippen LogP contribution in [-0.4, -0.2) is 50.6 Å². The number of nitrogens with one attached hydrogen (secondary N) is 1. The van der Waals surface area contributed by atoms with Gasteiger partial charge in [-0.25, -0.2) is 4.68 Å². The predicted octanol–water partition coefficient (Wildman–Crippen LogP) is 1.86. The minimum atomic E-state index is 0.0432. The molecule has 7 nitrogen and oxygen atoms in total. The second-order valence-corrected chi connectivity index (χ2v) is 8.41. The van der Waals surface area contributed by atoms with Crippen molar-refractivity contribution in [2.75, 3.05) is 25.0 Å². The van der Waals surface area contributed by atoms with Gasteiger partial charge in [-0.2, -0.15) is 5.10 Å². The highest BCUT2D eigenvalue weighted by atomic mass is 32.1. The summed E-state index contributed by atoms with van der Waals surface area (Å²) in [4.78, 5) is 14.8. The van der Waals surface area contributed by atoms with Crippen LogP contribution in [0.3, 0.4) is 0 Å². The lowest BCUT2D eigenvalue weighted by Gasteiger charge is -2.35. The molecule has 1 N–H and O–H groups in total. The zero-order valence-electron chi connectivity index (χ0n) is 15.3. The first-order valence-electron chi connectivity index (χ1n) is 9.57. The van der Waals surface area contributed by atoms with Gasteiger partial charge in [-0.05, 0) is 51.1 Å². The van der Waals surface area contributed by atoms with Crippen molar-refractivity contribution in [2.24, 2.45) is 0 Å². The molecule has 0 amide bonds. The molecule has 0 aromatic carbocycles. The number of aryl methyl sites for hydroxylation is 3. The van der Waals surface area contributed by atoms with Crippen molar-refractivity contribution in [1.29, 1.82) is 0 Å². The summed E-state index contributed by atoms with van der Waals surface area (Å²) in [7, 11) is 0. The van der Waals surface area contributed by atoms with Crippen LogP contribution in [0.15, 0.2) is 10.9 Å². The highest BCUT2D eigenvalue weighted by molar-refractivity contribution is 7.15. The Morgan fingerprint density at radius 2 is 2.15 bits per heavy atom. The molecule has 1 atom stereocenters. The third-order valence-electron chi connectivity index (χ3n) is 5.39. The van der Waals surface area contributed by atoms with Gasteiger partial charge in [0.1, 0.15) is 5.01 Å². The molecule has 1 fully saturated rings. The van der Waals surface area contributed by atoms with Gasteiger partial charge < -0.3 is 5.32 Å². The van der Waals surface area contributed by atoms with E-state index in [2.05, 4.69) is 25.5 Å². The van der Waals surface area contributed by atoms with Gasteiger partial charge in [-0.1, -0.05) is 17.8 Å². The summed E-state index contributed by atoms with van der Waals surface area (Å²) in [5, 5.41) is 18.1. The van der Waals surface area contributed by atoms with E-state index in [1.54, 1.807) is 22.1 Å². The molecule has 8 heteroatoms. The Bertz CT molecular complexity index is 816. The van der Waals surface area contributed by atoms with Crippen LogP contribution in [0.1, 0.15) is 41.9 Å². The maximum Gasteiger partial charge on any atom is 0.267 e. The number of likely N-dealkylation sites (tertiary alicyclic amines) is 1. The molecule has 4 rings (SSSR count). The quantitative estimate of drug-likeness (QED) is 0.832. The molecule has 2 aromatic heterocycles. The van der Waals surface area contributed by atoms with Gasteiger partial charge in [-0.15, -0.1) is 10.2 Å². The summed E-state index contributed by atoms with van der Waals surface area (Å²) in [6, 6.07) is 2.26. The second kappa shape index (κ2) is 7.84. The van der Waals surface area contributed by atoms with Crippen LogP contribution in [0, 0.1) is 6.92 Å². The lowest BCUT2D eigenvalue weighted by molar-refractivity contribution is 0.148. The fourth-order valence-electron chi connectivity index (χ4n) is 3.98. The SMILES string of the molecule is Cc1nnc(NCC2CCCCN2CCn2nc3c(cc2=O)CCC3)s1. The fraction of sp³-hybridized carbons (Fsp3) is 0.667. The van der Waals surface area contributed by atoms with E-state index in [4.69, 9.17) is 0 Å². The Morgan fingerprint density at radius 3 is 3.00 bits per heavy atom. The Balaban J connectivity index is 1.37. The minimum Gasteiger partial charge on any atom is -0.359 e. The molecule has 1 unspecified atom stereocenters. The summed E-state index contributed by atoms with van der Waals surface area (Å²) in [6.07, 6.45) is 6.79. The fourth-order valence-corrected chi connectivity index (χ4v) is 4.58. The van der Waals surface area contributed by atoms with Crippen LogP contribution in [-0.2, 0) is 19.4 Å². The molecular weight excluding hydrogens is 348 g/mol. The Kier molecular flexibility index (Phi) is 5.31. The summed E-state index contributed by atoms with van der Waals surface area (Å²) in [5.74, 6) is 0. The van der Waals surface area contributed by atoms with E-state index in [1.807, 2.05) is 6.92 Å². The first-order valence-corrected chi connectivity index (χ1v) is 10.4. The number of hydrogen-bond acceptors (Lipinski definition) is 7. The minimum absolute atomic E-state index is 0.0432. The third kappa shape index (κ3) is 3.96. The molecule has 0 bridgehead atoms. The van der Waals surface area contributed by atoms with Crippen LogP contribution in [0.2, 0.25) is 0 Å². The summed E-state index contributed by atoms with van der Waals surface area (Å²) < 4.78 is 1.66. The van der Waals surface area contributed by atoms with Crippen LogP contribution in [0.25, 0.3) is 0 Å². The standard InChI is InChI=1S/C18H26N6OS/c1-13-20-21-18(26-13)19-12-15-6-2-3-8-23(15)9-10-24-17(25)11-14-5-4-7-16(14)22-24/h11,15H,2-10,12H2,1H3,(H,19,21). The zero-order chi connectivity index (χ0) is 17.9. The number of anilines is 1. The van der Waals surface area contributed by atoms with Crippen molar-refractivity contribution >= 4 is 16.5 Å². The lowest BCUT2D eigenvalue weighted by atomic mass is 10.0. The molecule has 1 aliphatic heterocycles. The van der Waals surface area contributed by atoms with Gasteiger partial charge in [0.05, 0.1) is 12.2 Å². The first-order chi connectivity index (χ1) is 12.7. The summed E-state index contributed by atoms with van der Waals surface area (Å²) >= 11 is 1.59. The Hall–Kier alpha value is -1.80. The van der Waals surface area contributed by atoms with Crippen molar-refractivity contribution in [2.45, 2.75) is 58.0 Å². The van der Waals surface area contributed by atoms with Crippen molar-refractivity contribution in [1.82, 2.24) is 24.9 Å². The van der Waals surface area contributed by atoms with Crippen molar-refractivity contribution in [3.8, 4) is 0 Å². The Morgan fingerprint density at radius 1 is 1.23 bits per heavy atom. The van der Waals surface area contributed by atoms with Crippen molar-refractivity contribution < 1.29 is 0 Å². The number of piperidine rings is 1. The maximum absolute atomic E-state index is 12.3. The van der Waals surface area contributed by atoms with Crippen LogP contribution in [0.5, 0.6) is 0 Å². The molecular formula is C18H26N6OS. The monoisotopic (exact) mass is 374 g/mol. The molecule has 3 heterocycles. The normalized spacial score (nSPS) is 20.3. The molecule has 2 aliphatic rings. The summed E-state index contributed by atoms with van der Waals surface area (Å²) in [5.41, 5.74) is 2.31. The average Bonchev–Trinajstić information content (AvgIpc) is 3.27. The van der Waals surface area contributed by atoms with Crippen LogP contribution >= 0.6 is 11.3 Å². The van der Waals surface area contributed by atoms with Gasteiger partial charge >= 0.3 is 0 Å². The van der Waals surface area contributed by atoms with E-state index in [1.165, 1.54) is 19.3 Å². The van der Waals surface area contributed by atoms with Gasteiger partial charge in [0.15, 0.2) is 0 Å². The van der Waals surface area contributed by atoms with E-state index in [-0.39, 0.29) is 5.56 Å². The Labute approximate surface area is 157 Å². The zero-order valence-corrected chi connectivity index (χ0v) is 16.1. The van der Waals surface area contributed by atoms with Crippen LogP contribution < -0.4 is 10.9 Å². The predicted molar refractivity (Wildman–Crippen MR) is 103 cm³/mol. The molecule has 140 valence electrons.